The summed E-state index contributed by atoms with van der Waals surface area (Å²) in [7, 11) is 0. The molecule has 1 heterocycles. The molecule has 1 amide bonds. The molecule has 1 saturated heterocycles. The molecule has 13 heavy (non-hydrogen) atoms. The summed E-state index contributed by atoms with van der Waals surface area (Å²) in [6.07, 6.45) is 1.40. The Labute approximate surface area is 76.9 Å². The van der Waals surface area contributed by atoms with E-state index in [1.54, 1.807) is 0 Å². The molecule has 1 aromatic carbocycles. The highest BCUT2D eigenvalue weighted by Gasteiger charge is 2.20. The highest BCUT2D eigenvalue weighted by molar-refractivity contribution is 5.91. The summed E-state index contributed by atoms with van der Waals surface area (Å²) < 4.78 is 0. The van der Waals surface area contributed by atoms with Gasteiger partial charge >= 0.3 is 0 Å². The number of carbonyl (C=O) groups is 1. The van der Waals surface area contributed by atoms with Crippen LogP contribution in [-0.4, -0.2) is 12.5 Å². The highest BCUT2D eigenvalue weighted by Crippen LogP contribution is 2.18. The molecule has 0 aromatic heterocycles. The van der Waals surface area contributed by atoms with Gasteiger partial charge in [0, 0.05) is 6.42 Å². The second-order valence-electron chi connectivity index (χ2n) is 2.96. The molecule has 0 saturated carbocycles. The van der Waals surface area contributed by atoms with E-state index >= 15 is 0 Å². The lowest BCUT2D eigenvalue weighted by Crippen LogP contribution is -2.35. The number of amides is 1. The molecule has 0 aliphatic carbocycles. The van der Waals surface area contributed by atoms with Crippen LogP contribution in [0, 0.1) is 0 Å². The van der Waals surface area contributed by atoms with Gasteiger partial charge in [-0.3, -0.25) is 9.63 Å². The van der Waals surface area contributed by atoms with E-state index < -0.39 is 0 Å². The van der Waals surface area contributed by atoms with Gasteiger partial charge in [0.05, 0.1) is 12.3 Å². The number of hydroxylamine groups is 1. The molecular weight excluding hydrogens is 166 g/mol. The van der Waals surface area contributed by atoms with E-state index in [0.29, 0.717) is 13.0 Å². The van der Waals surface area contributed by atoms with Gasteiger partial charge in [-0.1, -0.05) is 18.2 Å². The van der Waals surface area contributed by atoms with Gasteiger partial charge in [-0.15, -0.1) is 0 Å². The van der Waals surface area contributed by atoms with Crippen molar-refractivity contribution in [2.45, 2.75) is 12.8 Å². The number of hydrogen-bond donors (Lipinski definition) is 0. The number of carbonyl (C=O) groups excluding carboxylic acids is 1. The zero-order valence-electron chi connectivity index (χ0n) is 7.27. The summed E-state index contributed by atoms with van der Waals surface area (Å²) in [6, 6.07) is 9.42. The Morgan fingerprint density at radius 2 is 2.00 bits per heavy atom. The maximum Gasteiger partial charge on any atom is 0.250 e. The molecule has 1 aromatic rings. The van der Waals surface area contributed by atoms with Crippen LogP contribution in [0.25, 0.3) is 0 Å². The Balaban J connectivity index is 2.20. The summed E-state index contributed by atoms with van der Waals surface area (Å²) in [5.74, 6) is 0.0393. The average Bonchev–Trinajstić information content (AvgIpc) is 2.20. The minimum atomic E-state index is 0.0393. The standard InChI is InChI=1S/C10H11NO2/c12-10-7-4-8-13-11(10)9-5-2-1-3-6-9/h1-3,5-6H,4,7-8H2. The van der Waals surface area contributed by atoms with E-state index in [-0.39, 0.29) is 5.91 Å². The largest absolute Gasteiger partial charge is 0.272 e. The molecule has 1 aliphatic rings. The van der Waals surface area contributed by atoms with Crippen molar-refractivity contribution in [2.75, 3.05) is 11.7 Å². The third-order valence-corrected chi connectivity index (χ3v) is 1.97. The van der Waals surface area contributed by atoms with Crippen LogP contribution in [0.4, 0.5) is 5.69 Å². The Kier molecular flexibility index (Phi) is 2.27. The topological polar surface area (TPSA) is 29.5 Å². The number of nitrogens with zero attached hydrogens (tertiary/aromatic N) is 1. The first kappa shape index (κ1) is 8.26. The van der Waals surface area contributed by atoms with Crippen molar-refractivity contribution in [3.63, 3.8) is 0 Å². The molecule has 3 heteroatoms. The van der Waals surface area contributed by atoms with Crippen LogP contribution in [-0.2, 0) is 9.63 Å². The van der Waals surface area contributed by atoms with Crippen molar-refractivity contribution < 1.29 is 9.63 Å². The highest BCUT2D eigenvalue weighted by atomic mass is 16.7. The second kappa shape index (κ2) is 3.58. The average molecular weight is 177 g/mol. The predicted molar refractivity (Wildman–Crippen MR) is 49.1 cm³/mol. The van der Waals surface area contributed by atoms with Crippen LogP contribution in [0.3, 0.4) is 0 Å². The normalized spacial score (nSPS) is 17.5. The number of hydrogen-bond acceptors (Lipinski definition) is 2. The maximum atomic E-state index is 11.4. The van der Waals surface area contributed by atoms with Crippen molar-refractivity contribution in [3.05, 3.63) is 30.3 Å². The second-order valence-corrected chi connectivity index (χ2v) is 2.96. The third-order valence-electron chi connectivity index (χ3n) is 1.97. The molecular formula is C10H11NO2. The Morgan fingerprint density at radius 3 is 2.69 bits per heavy atom. The molecule has 1 aliphatic heterocycles. The molecule has 0 unspecified atom stereocenters. The zero-order valence-corrected chi connectivity index (χ0v) is 7.27. The van der Waals surface area contributed by atoms with Crippen LogP contribution in [0.2, 0.25) is 0 Å². The van der Waals surface area contributed by atoms with E-state index in [1.807, 2.05) is 30.3 Å². The van der Waals surface area contributed by atoms with Crippen molar-refractivity contribution in [1.29, 1.82) is 0 Å². The minimum Gasteiger partial charge on any atom is -0.272 e. The van der Waals surface area contributed by atoms with Crippen LogP contribution in [0.15, 0.2) is 30.3 Å². The lowest BCUT2D eigenvalue weighted by molar-refractivity contribution is -0.129. The Morgan fingerprint density at radius 1 is 1.23 bits per heavy atom. The number of benzene rings is 1. The number of para-hydroxylation sites is 1. The first-order valence-electron chi connectivity index (χ1n) is 4.39. The van der Waals surface area contributed by atoms with Crippen LogP contribution < -0.4 is 5.06 Å². The fourth-order valence-corrected chi connectivity index (χ4v) is 1.33. The van der Waals surface area contributed by atoms with Crippen molar-refractivity contribution >= 4 is 11.6 Å². The molecule has 0 bridgehead atoms. The van der Waals surface area contributed by atoms with E-state index in [2.05, 4.69) is 0 Å². The van der Waals surface area contributed by atoms with E-state index in [1.165, 1.54) is 5.06 Å². The van der Waals surface area contributed by atoms with Gasteiger partial charge in [-0.2, -0.15) is 5.06 Å². The third kappa shape index (κ3) is 1.70. The Bertz CT molecular complexity index is 297. The maximum absolute atomic E-state index is 11.4. The summed E-state index contributed by atoms with van der Waals surface area (Å²) in [6.45, 7) is 0.626. The molecule has 0 spiro atoms. The summed E-state index contributed by atoms with van der Waals surface area (Å²) in [5.41, 5.74) is 0.812. The first-order valence-corrected chi connectivity index (χ1v) is 4.39. The van der Waals surface area contributed by atoms with Crippen molar-refractivity contribution in [1.82, 2.24) is 0 Å². The van der Waals surface area contributed by atoms with Gasteiger partial charge in [0.25, 0.3) is 5.91 Å². The summed E-state index contributed by atoms with van der Waals surface area (Å²) in [5, 5.41) is 1.38. The van der Waals surface area contributed by atoms with Crippen molar-refractivity contribution in [2.24, 2.45) is 0 Å². The zero-order chi connectivity index (χ0) is 9.10. The Hall–Kier alpha value is -1.35. The van der Waals surface area contributed by atoms with E-state index in [9.17, 15) is 4.79 Å². The predicted octanol–water partition coefficient (Wildman–Crippen LogP) is 1.75. The monoisotopic (exact) mass is 177 g/mol. The number of rotatable bonds is 1. The fraction of sp³-hybridized carbons (Fsp3) is 0.300. The quantitative estimate of drug-likeness (QED) is 0.654. The smallest absolute Gasteiger partial charge is 0.250 e. The van der Waals surface area contributed by atoms with Gasteiger partial charge in [-0.25, -0.2) is 0 Å². The van der Waals surface area contributed by atoms with E-state index in [0.717, 1.165) is 12.1 Å². The number of anilines is 1. The summed E-state index contributed by atoms with van der Waals surface area (Å²) in [4.78, 5) is 16.7. The van der Waals surface area contributed by atoms with Crippen LogP contribution in [0.5, 0.6) is 0 Å². The minimum absolute atomic E-state index is 0.0393. The van der Waals surface area contributed by atoms with Gasteiger partial charge in [0.1, 0.15) is 0 Å². The fourth-order valence-electron chi connectivity index (χ4n) is 1.33. The van der Waals surface area contributed by atoms with Gasteiger partial charge < -0.3 is 0 Å². The van der Waals surface area contributed by atoms with Gasteiger partial charge in [-0.05, 0) is 18.6 Å². The lowest BCUT2D eigenvalue weighted by atomic mass is 10.2. The molecule has 1 fully saturated rings. The SMILES string of the molecule is O=C1CCCON1c1ccccc1. The molecule has 0 atom stereocenters. The van der Waals surface area contributed by atoms with Crippen LogP contribution in [0.1, 0.15) is 12.8 Å². The molecule has 2 rings (SSSR count). The summed E-state index contributed by atoms with van der Waals surface area (Å²) >= 11 is 0. The molecule has 0 N–H and O–H groups in total. The van der Waals surface area contributed by atoms with Crippen molar-refractivity contribution in [3.8, 4) is 0 Å². The lowest BCUT2D eigenvalue weighted by Gasteiger charge is -2.25. The molecule has 68 valence electrons. The van der Waals surface area contributed by atoms with E-state index in [4.69, 9.17) is 4.84 Å². The molecule has 0 radical (unpaired) electrons. The van der Waals surface area contributed by atoms with Gasteiger partial charge in [0.15, 0.2) is 0 Å². The van der Waals surface area contributed by atoms with Crippen LogP contribution >= 0.6 is 0 Å². The van der Waals surface area contributed by atoms with Gasteiger partial charge in [0.2, 0.25) is 0 Å². The molecule has 3 nitrogen and oxygen atoms in total. The first-order chi connectivity index (χ1) is 6.38.